The lowest BCUT2D eigenvalue weighted by Gasteiger charge is -2.37. The summed E-state index contributed by atoms with van der Waals surface area (Å²) in [6.45, 7) is 8.25. The largest absolute Gasteiger partial charge is 0.463 e. The Morgan fingerprint density at radius 2 is 1.13 bits per heavy atom. The van der Waals surface area contributed by atoms with Crippen LogP contribution in [0.15, 0.2) is 30.9 Å². The Bertz CT molecular complexity index is 1350. The summed E-state index contributed by atoms with van der Waals surface area (Å²) in [6, 6.07) is 4.63. The molecule has 4 aliphatic carbocycles. The van der Waals surface area contributed by atoms with E-state index in [-0.39, 0.29) is 54.1 Å². The van der Waals surface area contributed by atoms with Gasteiger partial charge in [-0.3, -0.25) is 9.59 Å². The normalized spacial score (nSPS) is 28.7. The van der Waals surface area contributed by atoms with Crippen LogP contribution in [0.2, 0.25) is 0 Å². The highest BCUT2D eigenvalue weighted by atomic mass is 16.6. The van der Waals surface area contributed by atoms with Gasteiger partial charge in [0.15, 0.2) is 0 Å². The Balaban J connectivity index is 1.14. The number of benzene rings is 1. The van der Waals surface area contributed by atoms with Crippen LogP contribution in [0.3, 0.4) is 0 Å². The number of ether oxygens (including phenoxy) is 4. The molecule has 8 heteroatoms. The molecule has 0 spiro atoms. The Kier molecular flexibility index (Phi) is 17.0. The SMILES string of the molecule is C=CC(=O)OCCCCOC(=O)c1cc(OC(=O)C2CCC(C3CCC(CCCC)CC3)CC2)ccc1OC(=O)C1CCC(C2CCC(CC)CC2)CC1. The third-order valence-electron chi connectivity index (χ3n) is 13.7. The lowest BCUT2D eigenvalue weighted by Crippen LogP contribution is -2.30. The lowest BCUT2D eigenvalue weighted by molar-refractivity contribution is -0.141. The molecule has 54 heavy (non-hydrogen) atoms. The first-order valence-electron chi connectivity index (χ1n) is 21.8. The number of rotatable bonds is 17. The summed E-state index contributed by atoms with van der Waals surface area (Å²) in [5.41, 5.74) is 0.0614. The molecule has 0 amide bonds. The molecule has 0 saturated heterocycles. The highest BCUT2D eigenvalue weighted by Crippen LogP contribution is 2.44. The Morgan fingerprint density at radius 1 is 0.630 bits per heavy atom. The van der Waals surface area contributed by atoms with Crippen LogP contribution < -0.4 is 9.47 Å². The average molecular weight is 749 g/mol. The van der Waals surface area contributed by atoms with Crippen LogP contribution in [0.25, 0.3) is 0 Å². The van der Waals surface area contributed by atoms with Crippen molar-refractivity contribution >= 4 is 23.9 Å². The minimum atomic E-state index is -0.657. The molecule has 0 bridgehead atoms. The second kappa shape index (κ2) is 21.8. The van der Waals surface area contributed by atoms with Crippen molar-refractivity contribution in [3.05, 3.63) is 36.4 Å². The van der Waals surface area contributed by atoms with Crippen molar-refractivity contribution in [3.63, 3.8) is 0 Å². The van der Waals surface area contributed by atoms with Crippen LogP contribution in [0.1, 0.15) is 165 Å². The summed E-state index contributed by atoms with van der Waals surface area (Å²) in [7, 11) is 0. The number of unbranched alkanes of at least 4 members (excludes halogenated alkanes) is 2. The van der Waals surface area contributed by atoms with Crippen LogP contribution >= 0.6 is 0 Å². The molecule has 8 nitrogen and oxygen atoms in total. The van der Waals surface area contributed by atoms with Gasteiger partial charge in [-0.25, -0.2) is 9.59 Å². The minimum absolute atomic E-state index is 0.0614. The van der Waals surface area contributed by atoms with E-state index in [9.17, 15) is 19.2 Å². The first-order chi connectivity index (χ1) is 26.3. The highest BCUT2D eigenvalue weighted by Gasteiger charge is 2.36. The van der Waals surface area contributed by atoms with E-state index in [2.05, 4.69) is 20.4 Å². The predicted molar refractivity (Wildman–Crippen MR) is 210 cm³/mol. The average Bonchev–Trinajstić information content (AvgIpc) is 3.22. The van der Waals surface area contributed by atoms with Crippen molar-refractivity contribution < 1.29 is 38.1 Å². The topological polar surface area (TPSA) is 105 Å². The molecule has 4 fully saturated rings. The standard InChI is InChI=1S/C46H68O8/c1-4-7-10-33-13-17-35(18-14-33)37-19-23-38(24-20-37)44(48)53-40-27-28-42(41(31-40)46(50)52-30-9-8-29-51-43(47)6-3)54-45(49)39-25-21-36(22-26-39)34-15-11-32(5-2)12-16-34/h6,27-28,31-39H,3-5,7-26,29-30H2,1-2H3. The summed E-state index contributed by atoms with van der Waals surface area (Å²) in [5, 5.41) is 0. The van der Waals surface area contributed by atoms with E-state index in [1.54, 1.807) is 12.1 Å². The van der Waals surface area contributed by atoms with Gasteiger partial charge >= 0.3 is 23.9 Å². The van der Waals surface area contributed by atoms with E-state index in [0.29, 0.717) is 24.7 Å². The molecular formula is C46H68O8. The van der Waals surface area contributed by atoms with Gasteiger partial charge in [0.1, 0.15) is 17.1 Å². The minimum Gasteiger partial charge on any atom is -0.463 e. The fraction of sp³-hybridized carbons (Fsp3) is 0.739. The van der Waals surface area contributed by atoms with Gasteiger partial charge in [-0.2, -0.15) is 0 Å². The molecule has 0 aliphatic heterocycles. The molecule has 0 unspecified atom stereocenters. The maximum Gasteiger partial charge on any atom is 0.342 e. The van der Waals surface area contributed by atoms with Crippen LogP contribution in [-0.4, -0.2) is 37.1 Å². The van der Waals surface area contributed by atoms with Crippen LogP contribution in [0, 0.1) is 47.3 Å². The molecule has 4 aliphatic rings. The van der Waals surface area contributed by atoms with Gasteiger partial charge in [0, 0.05) is 6.08 Å². The fourth-order valence-electron chi connectivity index (χ4n) is 10.1. The Labute approximate surface area is 324 Å². The summed E-state index contributed by atoms with van der Waals surface area (Å²) in [6.07, 6.45) is 25.5. The molecule has 0 radical (unpaired) electrons. The monoisotopic (exact) mass is 748 g/mol. The van der Waals surface area contributed by atoms with Crippen molar-refractivity contribution in [2.75, 3.05) is 13.2 Å². The van der Waals surface area contributed by atoms with Crippen molar-refractivity contribution in [1.29, 1.82) is 0 Å². The first-order valence-corrected chi connectivity index (χ1v) is 21.8. The second-order valence-electron chi connectivity index (χ2n) is 17.1. The molecule has 0 atom stereocenters. The number of esters is 4. The number of hydrogen-bond acceptors (Lipinski definition) is 8. The zero-order valence-corrected chi connectivity index (χ0v) is 33.4. The number of carbonyl (C=O) groups is 4. The van der Waals surface area contributed by atoms with Crippen LogP contribution in [0.4, 0.5) is 0 Å². The van der Waals surface area contributed by atoms with Gasteiger partial charge in [-0.1, -0.05) is 71.8 Å². The van der Waals surface area contributed by atoms with E-state index in [4.69, 9.17) is 18.9 Å². The fourth-order valence-corrected chi connectivity index (χ4v) is 10.1. The van der Waals surface area contributed by atoms with Gasteiger partial charge in [0.05, 0.1) is 25.0 Å². The quantitative estimate of drug-likeness (QED) is 0.0671. The number of carbonyl (C=O) groups excluding carboxylic acids is 4. The lowest BCUT2D eigenvalue weighted by atomic mass is 9.68. The van der Waals surface area contributed by atoms with Gasteiger partial charge in [-0.05, 0) is 144 Å². The van der Waals surface area contributed by atoms with Gasteiger partial charge in [0.25, 0.3) is 0 Å². The van der Waals surface area contributed by atoms with E-state index >= 15 is 0 Å². The van der Waals surface area contributed by atoms with Crippen molar-refractivity contribution in [3.8, 4) is 11.5 Å². The summed E-state index contributed by atoms with van der Waals surface area (Å²) < 4.78 is 22.4. The van der Waals surface area contributed by atoms with Crippen molar-refractivity contribution in [2.45, 2.75) is 155 Å². The summed E-state index contributed by atoms with van der Waals surface area (Å²) >= 11 is 0. The van der Waals surface area contributed by atoms with Gasteiger partial charge in [-0.15, -0.1) is 0 Å². The molecule has 5 rings (SSSR count). The molecule has 4 saturated carbocycles. The van der Waals surface area contributed by atoms with Crippen LogP contribution in [-0.2, 0) is 23.9 Å². The van der Waals surface area contributed by atoms with Gasteiger partial charge < -0.3 is 18.9 Å². The summed E-state index contributed by atoms with van der Waals surface area (Å²) in [4.78, 5) is 51.6. The van der Waals surface area contributed by atoms with Crippen molar-refractivity contribution in [1.82, 2.24) is 0 Å². The Morgan fingerprint density at radius 3 is 1.65 bits per heavy atom. The van der Waals surface area contributed by atoms with Crippen molar-refractivity contribution in [2.24, 2.45) is 47.3 Å². The molecule has 1 aromatic carbocycles. The maximum absolute atomic E-state index is 13.5. The highest BCUT2D eigenvalue weighted by molar-refractivity contribution is 5.94. The van der Waals surface area contributed by atoms with E-state index in [1.165, 1.54) is 83.1 Å². The third-order valence-corrected chi connectivity index (χ3v) is 13.7. The maximum atomic E-state index is 13.5. The van der Waals surface area contributed by atoms with E-state index in [0.717, 1.165) is 81.1 Å². The predicted octanol–water partition coefficient (Wildman–Crippen LogP) is 11.0. The molecule has 0 N–H and O–H groups in total. The zero-order chi connectivity index (χ0) is 38.3. The Hall–Kier alpha value is -3.16. The first kappa shape index (κ1) is 42.0. The zero-order valence-electron chi connectivity index (χ0n) is 33.4. The molecule has 0 aromatic heterocycles. The van der Waals surface area contributed by atoms with E-state index in [1.807, 2.05) is 0 Å². The van der Waals surface area contributed by atoms with Crippen LogP contribution in [0.5, 0.6) is 11.5 Å². The molecule has 300 valence electrons. The molecule has 1 aromatic rings. The third kappa shape index (κ3) is 12.4. The summed E-state index contributed by atoms with van der Waals surface area (Å²) in [5.74, 6) is 2.95. The smallest absolute Gasteiger partial charge is 0.342 e. The second-order valence-corrected chi connectivity index (χ2v) is 17.1. The molecule has 0 heterocycles. The van der Waals surface area contributed by atoms with E-state index < -0.39 is 11.9 Å². The molecular weight excluding hydrogens is 680 g/mol. The number of hydrogen-bond donors (Lipinski definition) is 0. The van der Waals surface area contributed by atoms with Gasteiger partial charge in [0.2, 0.25) is 0 Å².